The molecule has 15 heavy (non-hydrogen) atoms. The molecule has 0 bridgehead atoms. The van der Waals surface area contributed by atoms with Gasteiger partial charge in [0.15, 0.2) is 0 Å². The highest BCUT2D eigenvalue weighted by molar-refractivity contribution is 4.99. The van der Waals surface area contributed by atoms with E-state index >= 15 is 0 Å². The van der Waals surface area contributed by atoms with Gasteiger partial charge >= 0.3 is 0 Å². The van der Waals surface area contributed by atoms with Crippen molar-refractivity contribution in [2.24, 2.45) is 22.2 Å². The highest BCUT2D eigenvalue weighted by Crippen LogP contribution is 2.58. The van der Waals surface area contributed by atoms with Gasteiger partial charge in [0.2, 0.25) is 0 Å². The van der Waals surface area contributed by atoms with Crippen molar-refractivity contribution in [1.29, 1.82) is 0 Å². The lowest BCUT2D eigenvalue weighted by molar-refractivity contribution is -0.0806. The summed E-state index contributed by atoms with van der Waals surface area (Å²) in [7, 11) is 0. The highest BCUT2D eigenvalue weighted by atomic mass is 14.6. The van der Waals surface area contributed by atoms with Crippen molar-refractivity contribution in [3.05, 3.63) is 0 Å². The van der Waals surface area contributed by atoms with Crippen molar-refractivity contribution in [2.75, 3.05) is 0 Å². The van der Waals surface area contributed by atoms with E-state index in [4.69, 9.17) is 0 Å². The van der Waals surface area contributed by atoms with Crippen molar-refractivity contribution in [3.63, 3.8) is 0 Å². The van der Waals surface area contributed by atoms with Crippen LogP contribution in [0.3, 0.4) is 0 Å². The van der Waals surface area contributed by atoms with Gasteiger partial charge in [-0.1, -0.05) is 75.2 Å². The second kappa shape index (κ2) is 4.47. The van der Waals surface area contributed by atoms with Gasteiger partial charge in [0.05, 0.1) is 0 Å². The molecule has 0 aromatic rings. The molecule has 0 atom stereocenters. The minimum absolute atomic E-state index is 0.392. The predicted octanol–water partition coefficient (Wildman–Crippen LogP) is 5.52. The van der Waals surface area contributed by atoms with Crippen LogP contribution < -0.4 is 0 Å². The summed E-state index contributed by atoms with van der Waals surface area (Å²) in [5.41, 5.74) is 1.20. The molecule has 0 rings (SSSR count). The van der Waals surface area contributed by atoms with E-state index in [2.05, 4.69) is 62.3 Å². The molecule has 0 aliphatic rings. The van der Waals surface area contributed by atoms with Crippen LogP contribution in [-0.4, -0.2) is 0 Å². The molecule has 0 aromatic carbocycles. The van der Waals surface area contributed by atoms with Crippen LogP contribution >= 0.6 is 0 Å². The second-order valence-electron chi connectivity index (χ2n) is 6.83. The van der Waals surface area contributed by atoms with Crippen LogP contribution in [0.2, 0.25) is 0 Å². The summed E-state index contributed by atoms with van der Waals surface area (Å²) in [6.45, 7) is 21.6. The molecule has 0 nitrogen and oxygen atoms in total. The maximum atomic E-state index is 2.49. The summed E-state index contributed by atoms with van der Waals surface area (Å²) >= 11 is 0. The van der Waals surface area contributed by atoms with Crippen molar-refractivity contribution < 1.29 is 0 Å². The molecule has 0 heteroatoms. The molecule has 0 saturated heterocycles. The third kappa shape index (κ3) is 2.24. The van der Waals surface area contributed by atoms with E-state index in [9.17, 15) is 0 Å². The van der Waals surface area contributed by atoms with E-state index < -0.39 is 0 Å². The fourth-order valence-corrected chi connectivity index (χ4v) is 3.21. The van der Waals surface area contributed by atoms with Gasteiger partial charge in [-0.25, -0.2) is 0 Å². The monoisotopic (exact) mass is 212 g/mol. The molecule has 0 spiro atoms. The quantitative estimate of drug-likeness (QED) is 0.563. The Kier molecular flexibility index (Phi) is 4.47. The van der Waals surface area contributed by atoms with Gasteiger partial charge in [-0.3, -0.25) is 0 Å². The normalized spacial score (nSPS) is 14.8. The standard InChI is InChI=1S/C15H32/c1-10-13(5,6)15(9,12(3)4)14(7,8)11-2/h12H,10-11H2,1-9H3. The van der Waals surface area contributed by atoms with Crippen LogP contribution in [-0.2, 0) is 0 Å². The molecular weight excluding hydrogens is 180 g/mol. The van der Waals surface area contributed by atoms with E-state index in [1.54, 1.807) is 0 Å². The summed E-state index contributed by atoms with van der Waals surface area (Å²) in [6, 6.07) is 0. The van der Waals surface area contributed by atoms with Gasteiger partial charge in [-0.2, -0.15) is 0 Å². The Balaban J connectivity index is 5.45. The first kappa shape index (κ1) is 15.0. The molecule has 0 amide bonds. The Bertz CT molecular complexity index is 180. The van der Waals surface area contributed by atoms with Crippen molar-refractivity contribution in [3.8, 4) is 0 Å². The number of hydrogen-bond donors (Lipinski definition) is 0. The van der Waals surface area contributed by atoms with Gasteiger partial charge in [0.25, 0.3) is 0 Å². The zero-order valence-corrected chi connectivity index (χ0v) is 12.5. The van der Waals surface area contributed by atoms with E-state index in [0.717, 1.165) is 5.92 Å². The van der Waals surface area contributed by atoms with Gasteiger partial charge in [-0.15, -0.1) is 0 Å². The average Bonchev–Trinajstić information content (AvgIpc) is 2.15. The van der Waals surface area contributed by atoms with Crippen LogP contribution in [0.5, 0.6) is 0 Å². The van der Waals surface area contributed by atoms with Gasteiger partial charge < -0.3 is 0 Å². The summed E-state index contributed by atoms with van der Waals surface area (Å²) in [4.78, 5) is 0. The molecule has 0 heterocycles. The predicted molar refractivity (Wildman–Crippen MR) is 71.1 cm³/mol. The Morgan fingerprint density at radius 1 is 0.733 bits per heavy atom. The molecule has 0 aliphatic heterocycles. The van der Waals surface area contributed by atoms with Gasteiger partial charge in [0.1, 0.15) is 0 Å². The molecule has 0 radical (unpaired) electrons. The summed E-state index contributed by atoms with van der Waals surface area (Å²) in [5.74, 6) is 0.724. The third-order valence-corrected chi connectivity index (χ3v) is 5.73. The van der Waals surface area contributed by atoms with Crippen molar-refractivity contribution in [1.82, 2.24) is 0 Å². The topological polar surface area (TPSA) is 0 Å². The van der Waals surface area contributed by atoms with Crippen LogP contribution in [0.4, 0.5) is 0 Å². The first-order valence-electron chi connectivity index (χ1n) is 6.56. The summed E-state index contributed by atoms with van der Waals surface area (Å²) in [5, 5.41) is 0. The van der Waals surface area contributed by atoms with Crippen molar-refractivity contribution in [2.45, 2.75) is 75.2 Å². The minimum Gasteiger partial charge on any atom is -0.0649 e. The molecule has 0 aromatic heterocycles. The SMILES string of the molecule is CCC(C)(C)C(C)(C(C)C)C(C)(C)CC. The van der Waals surface area contributed by atoms with Crippen LogP contribution in [0.1, 0.15) is 75.2 Å². The average molecular weight is 212 g/mol. The number of hydrogen-bond acceptors (Lipinski definition) is 0. The van der Waals surface area contributed by atoms with E-state index in [0.29, 0.717) is 16.2 Å². The van der Waals surface area contributed by atoms with Crippen LogP contribution in [0, 0.1) is 22.2 Å². The zero-order chi connectivity index (χ0) is 12.5. The van der Waals surface area contributed by atoms with E-state index in [-0.39, 0.29) is 0 Å². The minimum atomic E-state index is 0.392. The molecule has 0 unspecified atom stereocenters. The van der Waals surface area contributed by atoms with Gasteiger partial charge in [-0.05, 0) is 22.2 Å². The Hall–Kier alpha value is 0. The Morgan fingerprint density at radius 3 is 1.13 bits per heavy atom. The molecule has 0 aliphatic carbocycles. The first-order chi connectivity index (χ1) is 6.56. The highest BCUT2D eigenvalue weighted by Gasteiger charge is 2.51. The molecule has 0 fully saturated rings. The molecule has 92 valence electrons. The Morgan fingerprint density at radius 2 is 1.00 bits per heavy atom. The fourth-order valence-electron chi connectivity index (χ4n) is 3.21. The third-order valence-electron chi connectivity index (χ3n) is 5.73. The fraction of sp³-hybridized carbons (Fsp3) is 1.00. The molecular formula is C15H32. The lowest BCUT2D eigenvalue weighted by Crippen LogP contribution is -2.49. The lowest BCUT2D eigenvalue weighted by Gasteiger charge is -2.57. The molecule has 0 saturated carbocycles. The zero-order valence-electron chi connectivity index (χ0n) is 12.5. The smallest absolute Gasteiger partial charge is 0.0201 e. The summed E-state index contributed by atoms with van der Waals surface area (Å²) in [6.07, 6.45) is 2.51. The van der Waals surface area contributed by atoms with Gasteiger partial charge in [0, 0.05) is 0 Å². The Labute approximate surface area is 97.8 Å². The maximum Gasteiger partial charge on any atom is -0.0201 e. The number of rotatable bonds is 5. The van der Waals surface area contributed by atoms with Crippen LogP contribution in [0.25, 0.3) is 0 Å². The summed E-state index contributed by atoms with van der Waals surface area (Å²) < 4.78 is 0. The van der Waals surface area contributed by atoms with E-state index in [1.165, 1.54) is 12.8 Å². The first-order valence-corrected chi connectivity index (χ1v) is 6.56. The second-order valence-corrected chi connectivity index (χ2v) is 6.83. The maximum absolute atomic E-state index is 2.49. The van der Waals surface area contributed by atoms with Crippen molar-refractivity contribution >= 4 is 0 Å². The van der Waals surface area contributed by atoms with E-state index in [1.807, 2.05) is 0 Å². The molecule has 0 N–H and O–H groups in total. The largest absolute Gasteiger partial charge is 0.0649 e. The lowest BCUT2D eigenvalue weighted by atomic mass is 9.48. The van der Waals surface area contributed by atoms with Crippen LogP contribution in [0.15, 0.2) is 0 Å².